The second kappa shape index (κ2) is 4.74. The van der Waals surface area contributed by atoms with Crippen molar-refractivity contribution in [1.82, 2.24) is 4.98 Å². The maximum Gasteiger partial charge on any atom is 0.0757 e. The Morgan fingerprint density at radius 1 is 1.12 bits per heavy atom. The van der Waals surface area contributed by atoms with Gasteiger partial charge in [-0.3, -0.25) is 4.98 Å². The van der Waals surface area contributed by atoms with E-state index in [9.17, 15) is 0 Å². The Kier molecular flexibility index (Phi) is 3.32. The smallest absolute Gasteiger partial charge is 0.0757 e. The molecule has 2 heteroatoms. The van der Waals surface area contributed by atoms with Crippen molar-refractivity contribution in [3.63, 3.8) is 0 Å². The Labute approximate surface area is 103 Å². The van der Waals surface area contributed by atoms with E-state index < -0.39 is 0 Å². The summed E-state index contributed by atoms with van der Waals surface area (Å²) in [7, 11) is 0. The summed E-state index contributed by atoms with van der Waals surface area (Å²) in [5.74, 6) is 0. The van der Waals surface area contributed by atoms with Crippen molar-refractivity contribution >= 4 is 16.6 Å². The largest absolute Gasteiger partial charge is 0.384 e. The predicted octanol–water partition coefficient (Wildman–Crippen LogP) is 3.98. The van der Waals surface area contributed by atoms with Gasteiger partial charge in [0.2, 0.25) is 0 Å². The highest BCUT2D eigenvalue weighted by atomic mass is 14.9. The highest BCUT2D eigenvalue weighted by Gasteiger charge is 2.08. The topological polar surface area (TPSA) is 24.9 Å². The molecule has 0 radical (unpaired) electrons. The lowest BCUT2D eigenvalue weighted by Crippen LogP contribution is -2.03. The molecule has 0 atom stereocenters. The third kappa shape index (κ3) is 2.26. The zero-order valence-electron chi connectivity index (χ0n) is 11.1. The fourth-order valence-electron chi connectivity index (χ4n) is 2.17. The number of rotatable bonds is 3. The minimum atomic E-state index is 1.01. The van der Waals surface area contributed by atoms with Crippen molar-refractivity contribution in [2.75, 3.05) is 11.9 Å². The molecule has 1 heterocycles. The summed E-state index contributed by atoms with van der Waals surface area (Å²) in [4.78, 5) is 4.66. The lowest BCUT2D eigenvalue weighted by molar-refractivity contribution is 0.980. The Bertz CT molecular complexity index is 544. The van der Waals surface area contributed by atoms with Gasteiger partial charge in [0.15, 0.2) is 0 Å². The van der Waals surface area contributed by atoms with Gasteiger partial charge < -0.3 is 5.32 Å². The number of anilines is 1. The van der Waals surface area contributed by atoms with Crippen LogP contribution in [0, 0.1) is 20.8 Å². The fourth-order valence-corrected chi connectivity index (χ4v) is 2.17. The van der Waals surface area contributed by atoms with E-state index in [-0.39, 0.29) is 0 Å². The van der Waals surface area contributed by atoms with Crippen molar-refractivity contribution < 1.29 is 0 Å². The molecule has 90 valence electrons. The van der Waals surface area contributed by atoms with Crippen molar-refractivity contribution in [3.05, 3.63) is 35.0 Å². The lowest BCUT2D eigenvalue weighted by Gasteiger charge is -2.13. The molecule has 1 aromatic carbocycles. The molecule has 1 N–H and O–H groups in total. The van der Waals surface area contributed by atoms with Crippen LogP contribution in [0.1, 0.15) is 30.2 Å². The number of aromatic nitrogens is 1. The molecular formula is C15H20N2. The summed E-state index contributed by atoms with van der Waals surface area (Å²) < 4.78 is 0. The minimum absolute atomic E-state index is 1.01. The maximum absolute atomic E-state index is 4.66. The van der Waals surface area contributed by atoms with Gasteiger partial charge in [-0.1, -0.05) is 19.1 Å². The zero-order valence-corrected chi connectivity index (χ0v) is 11.1. The third-order valence-corrected chi connectivity index (χ3v) is 3.06. The summed E-state index contributed by atoms with van der Waals surface area (Å²) in [6.45, 7) is 9.51. The van der Waals surface area contributed by atoms with Crippen LogP contribution < -0.4 is 5.32 Å². The van der Waals surface area contributed by atoms with E-state index in [1.54, 1.807) is 0 Å². The van der Waals surface area contributed by atoms with Crippen molar-refractivity contribution in [3.8, 4) is 0 Å². The minimum Gasteiger partial charge on any atom is -0.384 e. The molecular weight excluding hydrogens is 208 g/mol. The number of hydrogen-bond acceptors (Lipinski definition) is 2. The van der Waals surface area contributed by atoms with Crippen LogP contribution in [0.15, 0.2) is 18.2 Å². The molecule has 0 amide bonds. The lowest BCUT2D eigenvalue weighted by atomic mass is 10.0. The first-order chi connectivity index (χ1) is 8.13. The molecule has 0 aliphatic heterocycles. The Hall–Kier alpha value is -1.57. The molecule has 2 nitrogen and oxygen atoms in total. The van der Waals surface area contributed by atoms with Gasteiger partial charge in [-0.2, -0.15) is 0 Å². The van der Waals surface area contributed by atoms with Crippen LogP contribution >= 0.6 is 0 Å². The van der Waals surface area contributed by atoms with E-state index >= 15 is 0 Å². The summed E-state index contributed by atoms with van der Waals surface area (Å²) in [5.41, 5.74) is 5.95. The van der Waals surface area contributed by atoms with Crippen LogP contribution in [0.25, 0.3) is 10.9 Å². The van der Waals surface area contributed by atoms with Crippen molar-refractivity contribution in [2.24, 2.45) is 0 Å². The van der Waals surface area contributed by atoms with Crippen LogP contribution in [0.5, 0.6) is 0 Å². The first kappa shape index (κ1) is 11.9. The molecule has 17 heavy (non-hydrogen) atoms. The third-order valence-electron chi connectivity index (χ3n) is 3.06. The Morgan fingerprint density at radius 2 is 1.82 bits per heavy atom. The zero-order chi connectivity index (χ0) is 12.4. The standard InChI is InChI=1S/C15H20N2/c1-5-8-16-13-9-12(4)17-15-11(3)7-6-10(2)14(13)15/h6-7,9H,5,8H2,1-4H3,(H,16,17). The van der Waals surface area contributed by atoms with Crippen LogP contribution in [0.2, 0.25) is 0 Å². The van der Waals surface area contributed by atoms with E-state index in [4.69, 9.17) is 0 Å². The number of fused-ring (bicyclic) bond motifs is 1. The van der Waals surface area contributed by atoms with Gasteiger partial charge in [0.25, 0.3) is 0 Å². The van der Waals surface area contributed by atoms with E-state index in [2.05, 4.69) is 56.2 Å². The second-order valence-electron chi connectivity index (χ2n) is 4.66. The van der Waals surface area contributed by atoms with Gasteiger partial charge >= 0.3 is 0 Å². The van der Waals surface area contributed by atoms with E-state index in [0.29, 0.717) is 0 Å². The summed E-state index contributed by atoms with van der Waals surface area (Å²) >= 11 is 0. The number of pyridine rings is 1. The molecule has 2 aromatic rings. The first-order valence-corrected chi connectivity index (χ1v) is 6.25. The average Bonchev–Trinajstić information content (AvgIpc) is 2.30. The molecule has 0 bridgehead atoms. The Morgan fingerprint density at radius 3 is 2.53 bits per heavy atom. The van der Waals surface area contributed by atoms with E-state index in [1.807, 2.05) is 0 Å². The van der Waals surface area contributed by atoms with Crippen molar-refractivity contribution in [2.45, 2.75) is 34.1 Å². The quantitative estimate of drug-likeness (QED) is 0.859. The van der Waals surface area contributed by atoms with Crippen LogP contribution in [0.3, 0.4) is 0 Å². The first-order valence-electron chi connectivity index (χ1n) is 6.25. The van der Waals surface area contributed by atoms with Gasteiger partial charge in [0.1, 0.15) is 0 Å². The molecule has 0 spiro atoms. The van der Waals surface area contributed by atoms with Gasteiger partial charge in [-0.25, -0.2) is 0 Å². The summed E-state index contributed by atoms with van der Waals surface area (Å²) in [6, 6.07) is 6.46. The van der Waals surface area contributed by atoms with Crippen LogP contribution in [-0.2, 0) is 0 Å². The van der Waals surface area contributed by atoms with E-state index in [1.165, 1.54) is 22.2 Å². The van der Waals surface area contributed by atoms with Crippen molar-refractivity contribution in [1.29, 1.82) is 0 Å². The number of aryl methyl sites for hydroxylation is 3. The highest BCUT2D eigenvalue weighted by Crippen LogP contribution is 2.28. The molecule has 1 aromatic heterocycles. The predicted molar refractivity (Wildman–Crippen MR) is 74.7 cm³/mol. The van der Waals surface area contributed by atoms with Crippen LogP contribution in [-0.4, -0.2) is 11.5 Å². The summed E-state index contributed by atoms with van der Waals surface area (Å²) in [6.07, 6.45) is 1.13. The van der Waals surface area contributed by atoms with Gasteiger partial charge in [0, 0.05) is 23.3 Å². The Balaban J connectivity index is 2.68. The summed E-state index contributed by atoms with van der Waals surface area (Å²) in [5, 5.41) is 4.77. The maximum atomic E-state index is 4.66. The van der Waals surface area contributed by atoms with Gasteiger partial charge in [-0.05, 0) is 44.4 Å². The number of nitrogens with zero attached hydrogens (tertiary/aromatic N) is 1. The van der Waals surface area contributed by atoms with Gasteiger partial charge in [-0.15, -0.1) is 0 Å². The average molecular weight is 228 g/mol. The molecule has 0 aliphatic rings. The molecule has 0 aliphatic carbocycles. The highest BCUT2D eigenvalue weighted by molar-refractivity contribution is 5.96. The fraction of sp³-hybridized carbons (Fsp3) is 0.400. The number of hydrogen-bond donors (Lipinski definition) is 1. The van der Waals surface area contributed by atoms with Crippen LogP contribution in [0.4, 0.5) is 5.69 Å². The van der Waals surface area contributed by atoms with Gasteiger partial charge in [0.05, 0.1) is 5.52 Å². The monoisotopic (exact) mass is 228 g/mol. The molecule has 2 rings (SSSR count). The SMILES string of the molecule is CCCNc1cc(C)nc2c(C)ccc(C)c12. The second-order valence-corrected chi connectivity index (χ2v) is 4.66. The molecule has 0 saturated carbocycles. The molecule has 0 unspecified atom stereocenters. The number of nitrogens with one attached hydrogen (secondary N) is 1. The van der Waals surface area contributed by atoms with E-state index in [0.717, 1.165) is 24.2 Å². The molecule has 0 fully saturated rings. The molecule has 0 saturated heterocycles. The normalized spacial score (nSPS) is 10.8. The number of benzene rings is 1.